The van der Waals surface area contributed by atoms with Gasteiger partial charge in [0.25, 0.3) is 0 Å². The molecule has 7 heteroatoms. The van der Waals surface area contributed by atoms with Crippen LogP contribution in [0, 0.1) is 0 Å². The van der Waals surface area contributed by atoms with Crippen LogP contribution in [0.1, 0.15) is 26.2 Å². The monoisotopic (exact) mass is 334 g/mol. The molecule has 1 heterocycles. The predicted octanol–water partition coefficient (Wildman–Crippen LogP) is 1.93. The molecule has 0 aromatic heterocycles. The highest BCUT2D eigenvalue weighted by molar-refractivity contribution is 7.89. The van der Waals surface area contributed by atoms with E-state index in [1.54, 1.807) is 24.3 Å². The fourth-order valence-electron chi connectivity index (χ4n) is 2.17. The molecule has 0 bridgehead atoms. The fourth-order valence-corrected chi connectivity index (χ4v) is 3.45. The maximum absolute atomic E-state index is 12.2. The molecule has 0 radical (unpaired) electrons. The van der Waals surface area contributed by atoms with Gasteiger partial charge in [-0.15, -0.1) is 12.4 Å². The van der Waals surface area contributed by atoms with E-state index in [1.807, 2.05) is 6.92 Å². The van der Waals surface area contributed by atoms with E-state index in [9.17, 15) is 8.42 Å². The molecule has 1 aromatic carbocycles. The van der Waals surface area contributed by atoms with Gasteiger partial charge in [0.05, 0.1) is 11.5 Å². The van der Waals surface area contributed by atoms with Crippen LogP contribution in [0.3, 0.4) is 0 Å². The number of sulfonamides is 1. The van der Waals surface area contributed by atoms with Crippen LogP contribution in [0.4, 0.5) is 0 Å². The molecule has 0 amide bonds. The predicted molar refractivity (Wildman–Crippen MR) is 85.7 cm³/mol. The zero-order chi connectivity index (χ0) is 14.4. The molecule has 1 fully saturated rings. The Morgan fingerprint density at radius 3 is 2.62 bits per heavy atom. The summed E-state index contributed by atoms with van der Waals surface area (Å²) in [5.74, 6) is 0.699. The Hall–Kier alpha value is -0.820. The molecule has 5 nitrogen and oxygen atoms in total. The van der Waals surface area contributed by atoms with Crippen LogP contribution in [0.5, 0.6) is 5.75 Å². The van der Waals surface area contributed by atoms with Gasteiger partial charge in [0.15, 0.2) is 0 Å². The summed E-state index contributed by atoms with van der Waals surface area (Å²) in [7, 11) is -3.44. The highest BCUT2D eigenvalue weighted by Crippen LogP contribution is 2.17. The van der Waals surface area contributed by atoms with Crippen molar-refractivity contribution in [2.45, 2.75) is 37.1 Å². The van der Waals surface area contributed by atoms with E-state index in [0.717, 1.165) is 25.8 Å². The SMILES string of the molecule is CCCOc1ccc(S(=O)(=O)NC2CCCNC2)cc1.Cl. The summed E-state index contributed by atoms with van der Waals surface area (Å²) in [4.78, 5) is 0.284. The molecule has 120 valence electrons. The average molecular weight is 335 g/mol. The third-order valence-corrected chi connectivity index (χ3v) is 4.76. The van der Waals surface area contributed by atoms with E-state index < -0.39 is 10.0 Å². The number of nitrogens with one attached hydrogen (secondary N) is 2. The summed E-state index contributed by atoms with van der Waals surface area (Å²) >= 11 is 0. The summed E-state index contributed by atoms with van der Waals surface area (Å²) in [5, 5.41) is 3.19. The maximum Gasteiger partial charge on any atom is 0.240 e. The molecule has 21 heavy (non-hydrogen) atoms. The lowest BCUT2D eigenvalue weighted by Gasteiger charge is -2.23. The van der Waals surface area contributed by atoms with Crippen LogP contribution in [-0.2, 0) is 10.0 Å². The molecule has 2 N–H and O–H groups in total. The molecular formula is C14H23ClN2O3S. The smallest absolute Gasteiger partial charge is 0.240 e. The van der Waals surface area contributed by atoms with Crippen molar-refractivity contribution in [1.29, 1.82) is 0 Å². The first-order valence-corrected chi connectivity index (χ1v) is 8.56. The lowest BCUT2D eigenvalue weighted by atomic mass is 10.1. The fraction of sp³-hybridized carbons (Fsp3) is 0.571. The first-order chi connectivity index (χ1) is 9.62. The van der Waals surface area contributed by atoms with E-state index >= 15 is 0 Å². The van der Waals surface area contributed by atoms with E-state index in [0.29, 0.717) is 18.9 Å². The quantitative estimate of drug-likeness (QED) is 0.834. The Labute approximate surface area is 132 Å². The first kappa shape index (κ1) is 18.2. The molecule has 0 saturated carbocycles. The zero-order valence-electron chi connectivity index (χ0n) is 12.2. The Morgan fingerprint density at radius 1 is 1.33 bits per heavy atom. The second kappa shape index (κ2) is 8.58. The number of benzene rings is 1. The highest BCUT2D eigenvalue weighted by atomic mass is 35.5. The average Bonchev–Trinajstić information content (AvgIpc) is 2.46. The Balaban J connectivity index is 0.00000220. The molecular weight excluding hydrogens is 312 g/mol. The maximum atomic E-state index is 12.2. The van der Waals surface area contributed by atoms with Gasteiger partial charge in [-0.3, -0.25) is 0 Å². The first-order valence-electron chi connectivity index (χ1n) is 7.08. The van der Waals surface area contributed by atoms with E-state index in [2.05, 4.69) is 10.0 Å². The standard InChI is InChI=1S/C14H22N2O3S.ClH/c1-2-10-19-13-5-7-14(8-6-13)20(17,18)16-12-4-3-9-15-11-12;/h5-8,12,15-16H,2-4,9-11H2,1H3;1H. The van der Waals surface area contributed by atoms with Crippen molar-refractivity contribution in [3.8, 4) is 5.75 Å². The van der Waals surface area contributed by atoms with E-state index in [1.165, 1.54) is 0 Å². The Kier molecular flexibility index (Phi) is 7.45. The lowest BCUT2D eigenvalue weighted by molar-refractivity contribution is 0.317. The van der Waals surface area contributed by atoms with Crippen molar-refractivity contribution in [3.05, 3.63) is 24.3 Å². The van der Waals surface area contributed by atoms with E-state index in [4.69, 9.17) is 4.74 Å². The van der Waals surface area contributed by atoms with Crippen LogP contribution in [-0.4, -0.2) is 34.2 Å². The number of piperidine rings is 1. The minimum absolute atomic E-state index is 0. The van der Waals surface area contributed by atoms with Crippen LogP contribution >= 0.6 is 12.4 Å². The van der Waals surface area contributed by atoms with Crippen LogP contribution in [0.25, 0.3) is 0 Å². The van der Waals surface area contributed by atoms with Gasteiger partial charge in [-0.1, -0.05) is 6.92 Å². The van der Waals surface area contributed by atoms with Crippen LogP contribution in [0.15, 0.2) is 29.2 Å². The van der Waals surface area contributed by atoms with Gasteiger partial charge >= 0.3 is 0 Å². The molecule has 0 aliphatic carbocycles. The van der Waals surface area contributed by atoms with Gasteiger partial charge < -0.3 is 10.1 Å². The lowest BCUT2D eigenvalue weighted by Crippen LogP contribution is -2.45. The van der Waals surface area contributed by atoms with E-state index in [-0.39, 0.29) is 23.3 Å². The summed E-state index contributed by atoms with van der Waals surface area (Å²) in [6, 6.07) is 6.55. The highest BCUT2D eigenvalue weighted by Gasteiger charge is 2.21. The van der Waals surface area contributed by atoms with Crippen molar-refractivity contribution >= 4 is 22.4 Å². The molecule has 1 aromatic rings. The van der Waals surface area contributed by atoms with Gasteiger partial charge in [-0.25, -0.2) is 13.1 Å². The zero-order valence-corrected chi connectivity index (χ0v) is 13.8. The second-order valence-corrected chi connectivity index (χ2v) is 6.70. The van der Waals surface area contributed by atoms with Gasteiger partial charge in [-0.2, -0.15) is 0 Å². The van der Waals surface area contributed by atoms with Crippen LogP contribution < -0.4 is 14.8 Å². The second-order valence-electron chi connectivity index (χ2n) is 4.98. The largest absolute Gasteiger partial charge is 0.494 e. The van der Waals surface area contributed by atoms with Crippen molar-refractivity contribution < 1.29 is 13.2 Å². The number of halogens is 1. The molecule has 0 spiro atoms. The molecule has 1 saturated heterocycles. The summed E-state index contributed by atoms with van der Waals surface area (Å²) in [6.07, 6.45) is 2.80. The third kappa shape index (κ3) is 5.47. The number of ether oxygens (including phenoxy) is 1. The molecule has 1 unspecified atom stereocenters. The molecule has 2 rings (SSSR count). The minimum atomic E-state index is -3.44. The Bertz CT molecular complexity index is 514. The van der Waals surface area contributed by atoms with Gasteiger partial charge in [0, 0.05) is 12.6 Å². The summed E-state index contributed by atoms with van der Waals surface area (Å²) in [6.45, 7) is 4.32. The third-order valence-electron chi connectivity index (χ3n) is 3.23. The van der Waals surface area contributed by atoms with Crippen LogP contribution in [0.2, 0.25) is 0 Å². The van der Waals surface area contributed by atoms with Crippen molar-refractivity contribution in [3.63, 3.8) is 0 Å². The minimum Gasteiger partial charge on any atom is -0.494 e. The molecule has 1 atom stereocenters. The number of hydrogen-bond acceptors (Lipinski definition) is 4. The molecule has 1 aliphatic heterocycles. The van der Waals surface area contributed by atoms with Gasteiger partial charge in [0.1, 0.15) is 5.75 Å². The van der Waals surface area contributed by atoms with Gasteiger partial charge in [-0.05, 0) is 50.1 Å². The van der Waals surface area contributed by atoms with Crippen molar-refractivity contribution in [2.24, 2.45) is 0 Å². The molecule has 1 aliphatic rings. The number of rotatable bonds is 6. The Morgan fingerprint density at radius 2 is 2.05 bits per heavy atom. The van der Waals surface area contributed by atoms with Crippen molar-refractivity contribution in [2.75, 3.05) is 19.7 Å². The normalized spacial score (nSPS) is 18.8. The summed E-state index contributed by atoms with van der Waals surface area (Å²) in [5.41, 5.74) is 0. The number of hydrogen-bond donors (Lipinski definition) is 2. The topological polar surface area (TPSA) is 67.4 Å². The van der Waals surface area contributed by atoms with Crippen molar-refractivity contribution in [1.82, 2.24) is 10.0 Å². The van der Waals surface area contributed by atoms with Gasteiger partial charge in [0.2, 0.25) is 10.0 Å². The summed E-state index contributed by atoms with van der Waals surface area (Å²) < 4.78 is 32.7.